The number of urea groups is 1. The molecule has 0 atom stereocenters. The predicted molar refractivity (Wildman–Crippen MR) is 85.4 cm³/mol. The SMILES string of the molecule is CC(C)N1C(=O)C(=O)N(Cc2csc(-c3ccccc3F)n2)C1=O. The molecule has 124 valence electrons. The van der Waals surface area contributed by atoms with Crippen LogP contribution in [0, 0.1) is 5.82 Å². The summed E-state index contributed by atoms with van der Waals surface area (Å²) in [5.74, 6) is -2.10. The van der Waals surface area contributed by atoms with Crippen LogP contribution in [0.4, 0.5) is 9.18 Å². The average Bonchev–Trinajstić information content (AvgIpc) is 3.07. The van der Waals surface area contributed by atoms with E-state index in [0.29, 0.717) is 16.3 Å². The fraction of sp³-hybridized carbons (Fsp3) is 0.250. The molecule has 0 saturated carbocycles. The van der Waals surface area contributed by atoms with E-state index in [2.05, 4.69) is 4.98 Å². The van der Waals surface area contributed by atoms with Gasteiger partial charge >= 0.3 is 17.8 Å². The van der Waals surface area contributed by atoms with Crippen LogP contribution in [-0.2, 0) is 16.1 Å². The Kier molecular flexibility index (Phi) is 4.15. The van der Waals surface area contributed by atoms with Gasteiger partial charge in [0.15, 0.2) is 0 Å². The third-order valence-corrected chi connectivity index (χ3v) is 4.50. The summed E-state index contributed by atoms with van der Waals surface area (Å²) in [6.45, 7) is 3.20. The molecule has 6 nitrogen and oxygen atoms in total. The van der Waals surface area contributed by atoms with Crippen molar-refractivity contribution in [1.82, 2.24) is 14.8 Å². The largest absolute Gasteiger partial charge is 0.334 e. The molecule has 2 aromatic rings. The lowest BCUT2D eigenvalue weighted by Gasteiger charge is -2.17. The van der Waals surface area contributed by atoms with Gasteiger partial charge in [-0.15, -0.1) is 11.3 Å². The number of hydrogen-bond acceptors (Lipinski definition) is 5. The van der Waals surface area contributed by atoms with Gasteiger partial charge in [0.2, 0.25) is 0 Å². The normalized spacial score (nSPS) is 15.1. The van der Waals surface area contributed by atoms with Crippen LogP contribution < -0.4 is 0 Å². The summed E-state index contributed by atoms with van der Waals surface area (Å²) in [5.41, 5.74) is 0.783. The number of benzene rings is 1. The Morgan fingerprint density at radius 2 is 1.88 bits per heavy atom. The van der Waals surface area contributed by atoms with Gasteiger partial charge in [0.05, 0.1) is 12.2 Å². The van der Waals surface area contributed by atoms with E-state index in [4.69, 9.17) is 0 Å². The van der Waals surface area contributed by atoms with E-state index >= 15 is 0 Å². The Hall–Kier alpha value is -2.61. The van der Waals surface area contributed by atoms with Crippen LogP contribution >= 0.6 is 11.3 Å². The standard InChI is InChI=1S/C16H14FN3O3S/c1-9(2)20-15(22)14(21)19(16(20)23)7-10-8-24-13(18-10)11-5-3-4-6-12(11)17/h3-6,8-9H,7H2,1-2H3. The lowest BCUT2D eigenvalue weighted by atomic mass is 10.2. The molecule has 24 heavy (non-hydrogen) atoms. The second kappa shape index (κ2) is 6.12. The number of carbonyl (C=O) groups is 3. The number of imide groups is 2. The molecule has 1 aliphatic rings. The topological polar surface area (TPSA) is 70.6 Å². The van der Waals surface area contributed by atoms with Crippen molar-refractivity contribution in [2.24, 2.45) is 0 Å². The molecule has 1 fully saturated rings. The molecule has 1 aromatic carbocycles. The second-order valence-electron chi connectivity index (χ2n) is 5.57. The molecule has 1 aliphatic heterocycles. The first-order chi connectivity index (χ1) is 11.4. The minimum atomic E-state index is -0.867. The van der Waals surface area contributed by atoms with Gasteiger partial charge < -0.3 is 0 Å². The molecular weight excluding hydrogens is 333 g/mol. The monoisotopic (exact) mass is 347 g/mol. The summed E-state index contributed by atoms with van der Waals surface area (Å²) in [6.07, 6.45) is 0. The van der Waals surface area contributed by atoms with Crippen LogP contribution in [0.15, 0.2) is 29.6 Å². The van der Waals surface area contributed by atoms with Crippen molar-refractivity contribution in [3.8, 4) is 10.6 Å². The molecule has 3 rings (SSSR count). The van der Waals surface area contributed by atoms with Crippen molar-refractivity contribution in [2.45, 2.75) is 26.4 Å². The van der Waals surface area contributed by atoms with Crippen LogP contribution in [0.1, 0.15) is 19.5 Å². The smallest absolute Gasteiger partial charge is 0.263 e. The molecule has 0 unspecified atom stereocenters. The quantitative estimate of drug-likeness (QED) is 0.630. The first kappa shape index (κ1) is 16.3. The van der Waals surface area contributed by atoms with Gasteiger partial charge in [-0.05, 0) is 26.0 Å². The first-order valence-electron chi connectivity index (χ1n) is 7.28. The van der Waals surface area contributed by atoms with Gasteiger partial charge in [0, 0.05) is 17.0 Å². The summed E-state index contributed by atoms with van der Waals surface area (Å²) in [6, 6.07) is 5.17. The molecule has 0 aliphatic carbocycles. The summed E-state index contributed by atoms with van der Waals surface area (Å²) in [5, 5.41) is 2.10. The second-order valence-corrected chi connectivity index (χ2v) is 6.42. The number of carbonyl (C=O) groups excluding carboxylic acids is 3. The molecule has 2 heterocycles. The fourth-order valence-corrected chi connectivity index (χ4v) is 3.25. The van der Waals surface area contributed by atoms with Gasteiger partial charge in [-0.25, -0.2) is 19.1 Å². The summed E-state index contributed by atoms with van der Waals surface area (Å²) in [4.78, 5) is 42.2. The number of hydrogen-bond donors (Lipinski definition) is 0. The molecule has 0 bridgehead atoms. The predicted octanol–water partition coefficient (Wildman–Crippen LogP) is 2.65. The number of halogens is 1. The lowest BCUT2D eigenvalue weighted by Crippen LogP contribution is -2.37. The van der Waals surface area contributed by atoms with E-state index < -0.39 is 29.7 Å². The average molecular weight is 347 g/mol. The number of amides is 4. The van der Waals surface area contributed by atoms with Crippen LogP contribution in [0.25, 0.3) is 10.6 Å². The molecule has 8 heteroatoms. The minimum Gasteiger partial charge on any atom is -0.263 e. The summed E-state index contributed by atoms with van der Waals surface area (Å²) < 4.78 is 13.8. The number of rotatable bonds is 4. The zero-order valence-corrected chi connectivity index (χ0v) is 13.8. The highest BCUT2D eigenvalue weighted by atomic mass is 32.1. The Morgan fingerprint density at radius 1 is 1.17 bits per heavy atom. The van der Waals surface area contributed by atoms with Gasteiger partial charge in [0.1, 0.15) is 10.8 Å². The van der Waals surface area contributed by atoms with E-state index in [0.717, 1.165) is 9.80 Å². The molecule has 1 saturated heterocycles. The number of thiazole rings is 1. The summed E-state index contributed by atoms with van der Waals surface area (Å²) >= 11 is 1.21. The Bertz CT molecular complexity index is 833. The van der Waals surface area contributed by atoms with E-state index in [1.807, 2.05) is 0 Å². The number of nitrogens with zero attached hydrogens (tertiary/aromatic N) is 3. The van der Waals surface area contributed by atoms with Crippen molar-refractivity contribution < 1.29 is 18.8 Å². The molecular formula is C16H14FN3O3S. The molecule has 0 spiro atoms. The van der Waals surface area contributed by atoms with Crippen molar-refractivity contribution >= 4 is 29.2 Å². The van der Waals surface area contributed by atoms with Crippen LogP contribution in [0.3, 0.4) is 0 Å². The van der Waals surface area contributed by atoms with Gasteiger partial charge in [0.25, 0.3) is 0 Å². The Morgan fingerprint density at radius 3 is 2.50 bits per heavy atom. The maximum absolute atomic E-state index is 13.8. The van der Waals surface area contributed by atoms with Crippen molar-refractivity contribution in [3.05, 3.63) is 41.2 Å². The van der Waals surface area contributed by atoms with Gasteiger partial charge in [-0.3, -0.25) is 14.5 Å². The van der Waals surface area contributed by atoms with Crippen LogP contribution in [0.5, 0.6) is 0 Å². The zero-order chi connectivity index (χ0) is 17.4. The van der Waals surface area contributed by atoms with E-state index in [9.17, 15) is 18.8 Å². The molecule has 0 radical (unpaired) electrons. The van der Waals surface area contributed by atoms with Gasteiger partial charge in [-0.2, -0.15) is 0 Å². The van der Waals surface area contributed by atoms with Gasteiger partial charge in [-0.1, -0.05) is 12.1 Å². The van der Waals surface area contributed by atoms with E-state index in [-0.39, 0.29) is 6.54 Å². The highest BCUT2D eigenvalue weighted by Crippen LogP contribution is 2.27. The number of aromatic nitrogens is 1. The Balaban J connectivity index is 1.83. The highest BCUT2D eigenvalue weighted by Gasteiger charge is 2.45. The lowest BCUT2D eigenvalue weighted by molar-refractivity contribution is -0.144. The first-order valence-corrected chi connectivity index (χ1v) is 8.16. The minimum absolute atomic E-state index is 0.114. The molecule has 4 amide bonds. The van der Waals surface area contributed by atoms with Crippen molar-refractivity contribution in [3.63, 3.8) is 0 Å². The molecule has 0 N–H and O–H groups in total. The third-order valence-electron chi connectivity index (χ3n) is 3.58. The van der Waals surface area contributed by atoms with Crippen LogP contribution in [-0.4, -0.2) is 38.7 Å². The maximum Gasteiger partial charge on any atom is 0.334 e. The van der Waals surface area contributed by atoms with E-state index in [1.54, 1.807) is 37.4 Å². The van der Waals surface area contributed by atoms with E-state index in [1.165, 1.54) is 17.4 Å². The zero-order valence-electron chi connectivity index (χ0n) is 13.0. The molecule has 1 aromatic heterocycles. The maximum atomic E-state index is 13.8. The highest BCUT2D eigenvalue weighted by molar-refractivity contribution is 7.13. The van der Waals surface area contributed by atoms with Crippen molar-refractivity contribution in [2.75, 3.05) is 0 Å². The fourth-order valence-electron chi connectivity index (χ4n) is 2.42. The summed E-state index contributed by atoms with van der Waals surface area (Å²) in [7, 11) is 0. The van der Waals surface area contributed by atoms with Crippen LogP contribution in [0.2, 0.25) is 0 Å². The van der Waals surface area contributed by atoms with Crippen molar-refractivity contribution in [1.29, 1.82) is 0 Å². The Labute approximate surface area is 141 Å². The third kappa shape index (κ3) is 2.69.